The first-order valence-electron chi connectivity index (χ1n) is 7.99. The number of nitrogens with one attached hydrogen (secondary N) is 2. The molecular weight excluding hydrogens is 350 g/mol. The van der Waals surface area contributed by atoms with Crippen LogP contribution in [0.25, 0.3) is 16.2 Å². The summed E-state index contributed by atoms with van der Waals surface area (Å²) >= 11 is 1.58. The lowest BCUT2D eigenvalue weighted by Gasteiger charge is -2.13. The number of rotatable bonds is 4. The highest BCUT2D eigenvalue weighted by molar-refractivity contribution is 7.13. The number of hydrogen-bond acceptors (Lipinski definition) is 5. The highest BCUT2D eigenvalue weighted by Gasteiger charge is 2.15. The van der Waals surface area contributed by atoms with Crippen LogP contribution in [0.15, 0.2) is 59.0 Å². The van der Waals surface area contributed by atoms with Crippen LogP contribution in [0.4, 0.5) is 0 Å². The second-order valence-electron chi connectivity index (χ2n) is 5.80. The Balaban J connectivity index is 1.64. The summed E-state index contributed by atoms with van der Waals surface area (Å²) in [6.45, 7) is 1.79. The van der Waals surface area contributed by atoms with E-state index in [1.54, 1.807) is 36.6 Å². The van der Waals surface area contributed by atoms with Crippen LogP contribution in [0.1, 0.15) is 29.0 Å². The van der Waals surface area contributed by atoms with Gasteiger partial charge in [0.1, 0.15) is 0 Å². The summed E-state index contributed by atoms with van der Waals surface area (Å²) in [5.41, 5.74) is 2.07. The molecule has 0 saturated heterocycles. The molecule has 4 rings (SSSR count). The van der Waals surface area contributed by atoms with Crippen LogP contribution in [0.5, 0.6) is 0 Å². The van der Waals surface area contributed by atoms with E-state index in [2.05, 4.69) is 20.4 Å². The summed E-state index contributed by atoms with van der Waals surface area (Å²) in [5.74, 6) is -0.263. The molecule has 0 spiro atoms. The molecule has 2 N–H and O–H groups in total. The zero-order valence-corrected chi connectivity index (χ0v) is 14.7. The molecule has 0 fully saturated rings. The molecule has 0 aliphatic carbocycles. The topological polar surface area (TPSA) is 92.1 Å². The Morgan fingerprint density at radius 1 is 1.31 bits per heavy atom. The van der Waals surface area contributed by atoms with Crippen molar-refractivity contribution in [3.63, 3.8) is 0 Å². The maximum absolute atomic E-state index is 12.4. The predicted molar refractivity (Wildman–Crippen MR) is 99.2 cm³/mol. The predicted octanol–water partition coefficient (Wildman–Crippen LogP) is 2.64. The Kier molecular flexibility index (Phi) is 4.10. The van der Waals surface area contributed by atoms with Crippen molar-refractivity contribution < 1.29 is 4.79 Å². The molecular formula is C18H15N5O2S. The fourth-order valence-corrected chi connectivity index (χ4v) is 3.33. The van der Waals surface area contributed by atoms with Gasteiger partial charge in [0.15, 0.2) is 5.65 Å². The van der Waals surface area contributed by atoms with Gasteiger partial charge < -0.3 is 5.32 Å². The molecule has 0 aliphatic heterocycles. The molecule has 1 unspecified atom stereocenters. The lowest BCUT2D eigenvalue weighted by atomic mass is 10.2. The summed E-state index contributed by atoms with van der Waals surface area (Å²) < 4.78 is 1.40. The molecule has 0 saturated carbocycles. The first-order valence-corrected chi connectivity index (χ1v) is 8.87. The fraction of sp³-hybridized carbons (Fsp3) is 0.111. The van der Waals surface area contributed by atoms with E-state index in [9.17, 15) is 9.59 Å². The number of aromatic amines is 1. The Hall–Kier alpha value is -3.26. The molecule has 1 atom stereocenters. The van der Waals surface area contributed by atoms with E-state index in [-0.39, 0.29) is 11.5 Å². The van der Waals surface area contributed by atoms with Gasteiger partial charge in [-0.3, -0.25) is 19.7 Å². The van der Waals surface area contributed by atoms with Crippen molar-refractivity contribution >= 4 is 22.9 Å². The summed E-state index contributed by atoms with van der Waals surface area (Å²) in [7, 11) is 0. The molecule has 4 aromatic rings. The van der Waals surface area contributed by atoms with Crippen molar-refractivity contribution in [1.29, 1.82) is 0 Å². The minimum Gasteiger partial charge on any atom is -0.344 e. The van der Waals surface area contributed by atoms with Gasteiger partial charge in [0.2, 0.25) is 0 Å². The van der Waals surface area contributed by atoms with E-state index >= 15 is 0 Å². The van der Waals surface area contributed by atoms with Crippen molar-refractivity contribution in [3.8, 4) is 10.6 Å². The monoisotopic (exact) mass is 365 g/mol. The summed E-state index contributed by atoms with van der Waals surface area (Å²) in [5, 5.41) is 7.87. The zero-order valence-electron chi connectivity index (χ0n) is 13.8. The largest absolute Gasteiger partial charge is 0.344 e. The van der Waals surface area contributed by atoms with Gasteiger partial charge >= 0.3 is 0 Å². The molecule has 7 nitrogen and oxygen atoms in total. The quantitative estimate of drug-likeness (QED) is 0.581. The van der Waals surface area contributed by atoms with Gasteiger partial charge in [-0.1, -0.05) is 6.07 Å². The van der Waals surface area contributed by atoms with Crippen molar-refractivity contribution in [1.82, 2.24) is 24.9 Å². The molecule has 8 heteroatoms. The van der Waals surface area contributed by atoms with Crippen LogP contribution < -0.4 is 10.9 Å². The lowest BCUT2D eigenvalue weighted by molar-refractivity contribution is 0.0938. The average molecular weight is 365 g/mol. The number of amides is 1. The molecule has 1 amide bonds. The van der Waals surface area contributed by atoms with Gasteiger partial charge in [-0.25, -0.2) is 9.50 Å². The van der Waals surface area contributed by atoms with Gasteiger partial charge in [-0.05, 0) is 30.5 Å². The van der Waals surface area contributed by atoms with Gasteiger partial charge in [0.05, 0.1) is 27.9 Å². The average Bonchev–Trinajstić information content (AvgIpc) is 3.31. The van der Waals surface area contributed by atoms with Crippen molar-refractivity contribution in [3.05, 3.63) is 75.8 Å². The molecule has 4 heterocycles. The zero-order chi connectivity index (χ0) is 18.1. The number of pyridine rings is 1. The van der Waals surface area contributed by atoms with Crippen molar-refractivity contribution in [2.45, 2.75) is 13.0 Å². The van der Waals surface area contributed by atoms with E-state index < -0.39 is 6.04 Å². The molecule has 4 aromatic heterocycles. The fourth-order valence-electron chi connectivity index (χ4n) is 2.64. The number of hydrogen-bond donors (Lipinski definition) is 2. The van der Waals surface area contributed by atoms with Gasteiger partial charge in [-0.15, -0.1) is 11.3 Å². The van der Waals surface area contributed by atoms with Crippen LogP contribution in [-0.2, 0) is 0 Å². The van der Waals surface area contributed by atoms with E-state index in [4.69, 9.17) is 0 Å². The Morgan fingerprint density at radius 3 is 2.92 bits per heavy atom. The molecule has 0 radical (unpaired) electrons. The summed E-state index contributed by atoms with van der Waals surface area (Å²) in [6, 6.07) is 10.1. The first-order chi connectivity index (χ1) is 12.6. The van der Waals surface area contributed by atoms with Gasteiger partial charge in [0, 0.05) is 24.5 Å². The number of H-pyrrole nitrogens is 1. The maximum atomic E-state index is 12.4. The summed E-state index contributed by atoms with van der Waals surface area (Å²) in [4.78, 5) is 34.2. The third kappa shape index (κ3) is 3.02. The molecule has 0 aliphatic rings. The number of thiophene rings is 1. The van der Waals surface area contributed by atoms with Crippen LogP contribution in [0.3, 0.4) is 0 Å². The van der Waals surface area contributed by atoms with E-state index in [0.29, 0.717) is 16.9 Å². The number of carbonyl (C=O) groups excluding carboxylic acids is 1. The summed E-state index contributed by atoms with van der Waals surface area (Å²) in [6.07, 6.45) is 3.10. The van der Waals surface area contributed by atoms with Crippen LogP contribution in [0.2, 0.25) is 0 Å². The number of aromatic nitrogens is 4. The third-order valence-corrected chi connectivity index (χ3v) is 4.87. The van der Waals surface area contributed by atoms with Crippen LogP contribution in [-0.4, -0.2) is 25.5 Å². The van der Waals surface area contributed by atoms with Crippen molar-refractivity contribution in [2.24, 2.45) is 0 Å². The standard InChI is InChI=1S/C18H15N5O2S/c1-11(20-18(25)12-4-2-6-19-10-12)13-9-17(24)23-16(21-13)8-14(22-23)15-5-3-7-26-15/h2-11,22H,1H3,(H,20,25). The number of nitrogens with zero attached hydrogens (tertiary/aromatic N) is 3. The van der Waals surface area contributed by atoms with Crippen molar-refractivity contribution in [2.75, 3.05) is 0 Å². The Labute approximate surface area is 152 Å². The van der Waals surface area contributed by atoms with Crippen LogP contribution >= 0.6 is 11.3 Å². The van der Waals surface area contributed by atoms with Crippen LogP contribution in [0, 0.1) is 0 Å². The molecule has 130 valence electrons. The van der Waals surface area contributed by atoms with E-state index in [1.165, 1.54) is 16.8 Å². The minimum atomic E-state index is -0.416. The van der Waals surface area contributed by atoms with Gasteiger partial charge in [-0.2, -0.15) is 0 Å². The van der Waals surface area contributed by atoms with Gasteiger partial charge in [0.25, 0.3) is 11.5 Å². The Bertz CT molecular complexity index is 1120. The minimum absolute atomic E-state index is 0.227. The second kappa shape index (κ2) is 6.57. The number of fused-ring (bicyclic) bond motifs is 1. The second-order valence-corrected chi connectivity index (χ2v) is 6.74. The molecule has 26 heavy (non-hydrogen) atoms. The number of carbonyl (C=O) groups is 1. The van der Waals surface area contributed by atoms with E-state index in [1.807, 2.05) is 23.6 Å². The SMILES string of the molecule is CC(NC(=O)c1cccnc1)c1cc(=O)n2[nH]c(-c3cccs3)cc2n1. The highest BCUT2D eigenvalue weighted by atomic mass is 32.1. The Morgan fingerprint density at radius 2 is 2.19 bits per heavy atom. The highest BCUT2D eigenvalue weighted by Crippen LogP contribution is 2.23. The normalized spacial score (nSPS) is 12.2. The molecule has 0 aromatic carbocycles. The molecule has 0 bridgehead atoms. The maximum Gasteiger partial charge on any atom is 0.272 e. The lowest BCUT2D eigenvalue weighted by Crippen LogP contribution is -2.29. The third-order valence-electron chi connectivity index (χ3n) is 3.97. The smallest absolute Gasteiger partial charge is 0.272 e. The first kappa shape index (κ1) is 16.2. The van der Waals surface area contributed by atoms with E-state index in [0.717, 1.165) is 10.6 Å².